The lowest BCUT2D eigenvalue weighted by Gasteiger charge is -1.98. The molecular formula is C17H12Cl2O2. The van der Waals surface area contributed by atoms with Crippen molar-refractivity contribution in [3.63, 3.8) is 0 Å². The van der Waals surface area contributed by atoms with E-state index in [0.29, 0.717) is 10.0 Å². The van der Waals surface area contributed by atoms with E-state index in [4.69, 9.17) is 23.2 Å². The zero-order valence-corrected chi connectivity index (χ0v) is 12.5. The molecule has 0 unspecified atom stereocenters. The molecule has 0 saturated carbocycles. The minimum atomic E-state index is -0.264. The van der Waals surface area contributed by atoms with E-state index < -0.39 is 0 Å². The Hall–Kier alpha value is -2.03. The van der Waals surface area contributed by atoms with E-state index in [1.165, 1.54) is 12.1 Å². The van der Waals surface area contributed by atoms with Crippen molar-refractivity contribution in [2.75, 3.05) is 0 Å². The normalized spacial score (nSPS) is 11.3. The van der Waals surface area contributed by atoms with Crippen LogP contribution in [0.1, 0.15) is 15.9 Å². The van der Waals surface area contributed by atoms with Gasteiger partial charge in [-0.05, 0) is 35.9 Å². The van der Waals surface area contributed by atoms with Gasteiger partial charge >= 0.3 is 0 Å². The summed E-state index contributed by atoms with van der Waals surface area (Å²) in [5, 5.41) is 10.7. The van der Waals surface area contributed by atoms with Crippen LogP contribution in [0.3, 0.4) is 0 Å². The average Bonchev–Trinajstić information content (AvgIpc) is 2.45. The maximum Gasteiger partial charge on any atom is 0.189 e. The van der Waals surface area contributed by atoms with Crippen molar-refractivity contribution in [2.45, 2.75) is 0 Å². The molecule has 0 bridgehead atoms. The van der Waals surface area contributed by atoms with Gasteiger partial charge in [0.05, 0.1) is 5.56 Å². The number of rotatable bonds is 4. The minimum absolute atomic E-state index is 0.0307. The number of benzene rings is 2. The molecule has 21 heavy (non-hydrogen) atoms. The van der Waals surface area contributed by atoms with Gasteiger partial charge in [-0.3, -0.25) is 4.79 Å². The highest BCUT2D eigenvalue weighted by Gasteiger charge is 2.05. The van der Waals surface area contributed by atoms with E-state index in [1.807, 2.05) is 0 Å². The molecule has 0 aliphatic carbocycles. The molecule has 0 saturated heterocycles. The second kappa shape index (κ2) is 7.11. The number of hydrogen-bond acceptors (Lipinski definition) is 2. The molecule has 0 atom stereocenters. The number of halogens is 2. The van der Waals surface area contributed by atoms with E-state index >= 15 is 0 Å². The molecule has 2 nitrogen and oxygen atoms in total. The van der Waals surface area contributed by atoms with Crippen molar-refractivity contribution in [2.24, 2.45) is 0 Å². The van der Waals surface area contributed by atoms with Crippen LogP contribution in [-0.4, -0.2) is 10.9 Å². The van der Waals surface area contributed by atoms with Crippen LogP contribution in [0.5, 0.6) is 5.75 Å². The predicted molar refractivity (Wildman–Crippen MR) is 87.1 cm³/mol. The summed E-state index contributed by atoms with van der Waals surface area (Å²) in [5.41, 5.74) is 1.08. The molecular weight excluding hydrogens is 307 g/mol. The van der Waals surface area contributed by atoms with Crippen LogP contribution >= 0.6 is 23.2 Å². The Kier molecular flexibility index (Phi) is 5.20. The highest BCUT2D eigenvalue weighted by atomic mass is 35.5. The molecule has 2 aromatic carbocycles. The lowest BCUT2D eigenvalue weighted by atomic mass is 10.1. The van der Waals surface area contributed by atoms with E-state index in [1.54, 1.807) is 54.6 Å². The molecule has 0 fully saturated rings. The first-order valence-corrected chi connectivity index (χ1v) is 6.95. The summed E-state index contributed by atoms with van der Waals surface area (Å²) >= 11 is 11.8. The monoisotopic (exact) mass is 318 g/mol. The van der Waals surface area contributed by atoms with Crippen molar-refractivity contribution in [1.82, 2.24) is 0 Å². The van der Waals surface area contributed by atoms with Crippen molar-refractivity contribution in [3.05, 3.63) is 81.9 Å². The van der Waals surface area contributed by atoms with Crippen LogP contribution in [-0.2, 0) is 0 Å². The van der Waals surface area contributed by atoms with Crippen molar-refractivity contribution in [3.8, 4) is 5.75 Å². The lowest BCUT2D eigenvalue weighted by molar-refractivity contribution is 0.104. The highest BCUT2D eigenvalue weighted by Crippen LogP contribution is 2.22. The summed E-state index contributed by atoms with van der Waals surface area (Å²) in [4.78, 5) is 11.9. The Morgan fingerprint density at radius 2 is 1.81 bits per heavy atom. The van der Waals surface area contributed by atoms with Crippen molar-refractivity contribution in [1.29, 1.82) is 0 Å². The fourth-order valence-electron chi connectivity index (χ4n) is 1.71. The fraction of sp³-hybridized carbons (Fsp3) is 0. The molecule has 2 rings (SSSR count). The van der Waals surface area contributed by atoms with Crippen LogP contribution in [0.4, 0.5) is 0 Å². The third-order valence-electron chi connectivity index (χ3n) is 2.77. The van der Waals surface area contributed by atoms with E-state index in [0.717, 1.165) is 5.56 Å². The Morgan fingerprint density at radius 3 is 2.52 bits per heavy atom. The number of phenolic OH excluding ortho intramolecular Hbond substituents is 1. The maximum absolute atomic E-state index is 11.9. The van der Waals surface area contributed by atoms with Crippen LogP contribution in [0.25, 0.3) is 6.08 Å². The van der Waals surface area contributed by atoms with E-state index in [2.05, 4.69) is 0 Å². The first-order valence-electron chi connectivity index (χ1n) is 6.20. The largest absolute Gasteiger partial charge is 0.507 e. The van der Waals surface area contributed by atoms with Gasteiger partial charge in [0, 0.05) is 10.0 Å². The summed E-state index contributed by atoms with van der Waals surface area (Å²) in [7, 11) is 0. The lowest BCUT2D eigenvalue weighted by Crippen LogP contribution is -1.93. The second-order valence-corrected chi connectivity index (χ2v) is 5.11. The number of aromatic hydroxyl groups is 1. The maximum atomic E-state index is 11.9. The third kappa shape index (κ3) is 4.22. The number of phenols is 1. The Bertz CT molecular complexity index is 718. The summed E-state index contributed by atoms with van der Waals surface area (Å²) in [6.07, 6.45) is 6.45. The van der Waals surface area contributed by atoms with Gasteiger partial charge in [0.25, 0.3) is 0 Å². The summed E-state index contributed by atoms with van der Waals surface area (Å²) < 4.78 is 0. The number of carbonyl (C=O) groups is 1. The molecule has 0 aliphatic heterocycles. The Labute approximate surface area is 132 Å². The topological polar surface area (TPSA) is 37.3 Å². The van der Waals surface area contributed by atoms with Gasteiger partial charge in [-0.2, -0.15) is 0 Å². The zero-order chi connectivity index (χ0) is 15.2. The Balaban J connectivity index is 2.07. The van der Waals surface area contributed by atoms with Crippen LogP contribution < -0.4 is 0 Å². The smallest absolute Gasteiger partial charge is 0.189 e. The molecule has 2 aromatic rings. The fourth-order valence-corrected chi connectivity index (χ4v) is 2.18. The van der Waals surface area contributed by atoms with Gasteiger partial charge in [-0.15, -0.1) is 0 Å². The van der Waals surface area contributed by atoms with Crippen molar-refractivity contribution >= 4 is 35.1 Å². The molecule has 4 heteroatoms. The molecule has 0 aromatic heterocycles. The zero-order valence-electron chi connectivity index (χ0n) is 11.0. The van der Waals surface area contributed by atoms with E-state index in [9.17, 15) is 9.90 Å². The standard InChI is InChI=1S/C17H12Cl2O2/c18-13-10-9-12(15(19)11-13)5-1-3-7-16(20)14-6-2-4-8-17(14)21/h1-11,21H/b5-1+,7-3+. The summed E-state index contributed by atoms with van der Waals surface area (Å²) in [5.74, 6) is -0.295. The molecule has 0 spiro atoms. The van der Waals surface area contributed by atoms with E-state index in [-0.39, 0.29) is 17.1 Å². The van der Waals surface area contributed by atoms with Gasteiger partial charge in [0.15, 0.2) is 5.78 Å². The molecule has 106 valence electrons. The first-order chi connectivity index (χ1) is 10.1. The molecule has 0 heterocycles. The highest BCUT2D eigenvalue weighted by molar-refractivity contribution is 6.35. The predicted octanol–water partition coefficient (Wildman–Crippen LogP) is 5.15. The number of ketones is 1. The van der Waals surface area contributed by atoms with Gasteiger partial charge in [-0.25, -0.2) is 0 Å². The van der Waals surface area contributed by atoms with Gasteiger partial charge < -0.3 is 5.11 Å². The van der Waals surface area contributed by atoms with Crippen LogP contribution in [0.2, 0.25) is 10.0 Å². The summed E-state index contributed by atoms with van der Waals surface area (Å²) in [6, 6.07) is 11.6. The van der Waals surface area contributed by atoms with Gasteiger partial charge in [0.2, 0.25) is 0 Å². The average molecular weight is 319 g/mol. The van der Waals surface area contributed by atoms with Gasteiger partial charge in [-0.1, -0.05) is 59.6 Å². The SMILES string of the molecule is O=C(/C=C/C=C/c1ccc(Cl)cc1Cl)c1ccccc1O. The quantitative estimate of drug-likeness (QED) is 0.481. The summed E-state index contributed by atoms with van der Waals surface area (Å²) in [6.45, 7) is 0. The minimum Gasteiger partial charge on any atom is -0.507 e. The number of hydrogen-bond donors (Lipinski definition) is 1. The molecule has 0 amide bonds. The number of allylic oxidation sites excluding steroid dienone is 3. The number of para-hydroxylation sites is 1. The molecule has 0 radical (unpaired) electrons. The second-order valence-electron chi connectivity index (χ2n) is 4.27. The Morgan fingerprint density at radius 1 is 1.05 bits per heavy atom. The third-order valence-corrected chi connectivity index (χ3v) is 3.33. The van der Waals surface area contributed by atoms with Gasteiger partial charge in [0.1, 0.15) is 5.75 Å². The molecule has 0 aliphatic rings. The van der Waals surface area contributed by atoms with Crippen molar-refractivity contribution < 1.29 is 9.90 Å². The molecule has 1 N–H and O–H groups in total. The van der Waals surface area contributed by atoms with Crippen LogP contribution in [0.15, 0.2) is 60.7 Å². The number of carbonyl (C=O) groups excluding carboxylic acids is 1. The van der Waals surface area contributed by atoms with Crippen LogP contribution in [0, 0.1) is 0 Å². The first kappa shape index (κ1) is 15.4.